The lowest BCUT2D eigenvalue weighted by Gasteiger charge is -2.20. The predicted octanol–water partition coefficient (Wildman–Crippen LogP) is 6.68. The summed E-state index contributed by atoms with van der Waals surface area (Å²) in [6.45, 7) is 11.2. The van der Waals surface area contributed by atoms with Crippen LogP contribution in [0.1, 0.15) is 85.0 Å². The summed E-state index contributed by atoms with van der Waals surface area (Å²) in [7, 11) is 0. The van der Waals surface area contributed by atoms with E-state index in [0.29, 0.717) is 0 Å². The first kappa shape index (κ1) is 16.5. The van der Waals surface area contributed by atoms with E-state index in [1.807, 2.05) is 0 Å². The molecule has 0 aliphatic heterocycles. The van der Waals surface area contributed by atoms with Gasteiger partial charge < -0.3 is 0 Å². The van der Waals surface area contributed by atoms with Crippen molar-refractivity contribution in [1.29, 1.82) is 0 Å². The smallest absolute Gasteiger partial charge is 0.0174 e. The number of hydrogen-bond acceptors (Lipinski definition) is 0. The second kappa shape index (κ2) is 9.39. The van der Waals surface area contributed by atoms with Gasteiger partial charge in [0, 0.05) is 0 Å². The van der Waals surface area contributed by atoms with Crippen LogP contribution < -0.4 is 0 Å². The van der Waals surface area contributed by atoms with Crippen molar-refractivity contribution in [3.63, 3.8) is 0 Å². The quantitative estimate of drug-likeness (QED) is 0.321. The Morgan fingerprint density at radius 3 is 2.53 bits per heavy atom. The van der Waals surface area contributed by atoms with Crippen LogP contribution in [0.3, 0.4) is 0 Å². The molecule has 19 heavy (non-hydrogen) atoms. The van der Waals surface area contributed by atoms with E-state index in [1.165, 1.54) is 69.8 Å². The van der Waals surface area contributed by atoms with Crippen LogP contribution in [-0.4, -0.2) is 0 Å². The van der Waals surface area contributed by atoms with Gasteiger partial charge >= 0.3 is 0 Å². The van der Waals surface area contributed by atoms with Gasteiger partial charge in [0.05, 0.1) is 0 Å². The Kier molecular flexibility index (Phi) is 8.18. The molecule has 0 heteroatoms. The van der Waals surface area contributed by atoms with E-state index in [4.69, 9.17) is 0 Å². The van der Waals surface area contributed by atoms with E-state index in [9.17, 15) is 0 Å². The highest BCUT2D eigenvalue weighted by Gasteiger charge is 2.27. The molecule has 0 aromatic carbocycles. The molecule has 1 fully saturated rings. The number of hydrogen-bond donors (Lipinski definition) is 0. The molecule has 0 spiro atoms. The van der Waals surface area contributed by atoms with E-state index in [0.717, 1.165) is 11.8 Å². The average molecular weight is 262 g/mol. The molecule has 0 radical (unpaired) electrons. The molecule has 0 bridgehead atoms. The van der Waals surface area contributed by atoms with E-state index in [-0.39, 0.29) is 0 Å². The number of unbranched alkanes of at least 4 members (excludes halogenated alkanes) is 3. The van der Waals surface area contributed by atoms with Gasteiger partial charge in [0.25, 0.3) is 0 Å². The van der Waals surface area contributed by atoms with Gasteiger partial charge in [-0.15, -0.1) is 0 Å². The summed E-state index contributed by atoms with van der Waals surface area (Å²) in [5, 5.41) is 0. The van der Waals surface area contributed by atoms with E-state index in [1.54, 1.807) is 5.57 Å². The summed E-state index contributed by atoms with van der Waals surface area (Å²) < 4.78 is 0. The fraction of sp³-hybridized carbons (Fsp3) is 0.789. The minimum Gasteiger partial charge on any atom is -0.0958 e. The predicted molar refractivity (Wildman–Crippen MR) is 87.4 cm³/mol. The Hall–Kier alpha value is -0.520. The molecule has 0 N–H and O–H groups in total. The van der Waals surface area contributed by atoms with E-state index >= 15 is 0 Å². The van der Waals surface area contributed by atoms with Crippen LogP contribution in [0.4, 0.5) is 0 Å². The summed E-state index contributed by atoms with van der Waals surface area (Å²) >= 11 is 0. The average Bonchev–Trinajstić information content (AvgIpc) is 2.85. The first-order valence-electron chi connectivity index (χ1n) is 8.55. The molecule has 1 aliphatic carbocycles. The molecule has 1 rings (SSSR count). The van der Waals surface area contributed by atoms with Crippen LogP contribution in [0.2, 0.25) is 0 Å². The largest absolute Gasteiger partial charge is 0.0958 e. The second-order valence-electron chi connectivity index (χ2n) is 6.44. The first-order valence-corrected chi connectivity index (χ1v) is 8.55. The zero-order chi connectivity index (χ0) is 14.1. The number of rotatable bonds is 9. The van der Waals surface area contributed by atoms with Crippen molar-refractivity contribution in [2.45, 2.75) is 85.0 Å². The lowest BCUT2D eigenvalue weighted by atomic mass is 9.85. The standard InChI is InChI=1S/C19H34/c1-5-7-9-11-16(3)15-17(4)19-14-10-13-18(19)12-8-6-2/h15,18-19H,3,5-14H2,1-2,4H3/b17-15-. The molecular formula is C19H34. The Labute approximate surface area is 121 Å². The fourth-order valence-electron chi connectivity index (χ4n) is 3.55. The summed E-state index contributed by atoms with van der Waals surface area (Å²) in [6.07, 6.45) is 16.1. The van der Waals surface area contributed by atoms with Crippen molar-refractivity contribution < 1.29 is 0 Å². The number of allylic oxidation sites excluding steroid dienone is 3. The third-order valence-electron chi connectivity index (χ3n) is 4.71. The Morgan fingerprint density at radius 2 is 1.84 bits per heavy atom. The maximum atomic E-state index is 4.25. The molecule has 0 aromatic rings. The highest BCUT2D eigenvalue weighted by Crippen LogP contribution is 2.40. The van der Waals surface area contributed by atoms with Gasteiger partial charge in [-0.2, -0.15) is 0 Å². The molecule has 2 atom stereocenters. The van der Waals surface area contributed by atoms with Crippen molar-refractivity contribution in [3.8, 4) is 0 Å². The van der Waals surface area contributed by atoms with Crippen LogP contribution >= 0.6 is 0 Å². The van der Waals surface area contributed by atoms with Crippen molar-refractivity contribution >= 4 is 0 Å². The molecular weight excluding hydrogens is 228 g/mol. The maximum absolute atomic E-state index is 4.25. The lowest BCUT2D eigenvalue weighted by molar-refractivity contribution is 0.396. The van der Waals surface area contributed by atoms with Gasteiger partial charge in [-0.1, -0.05) is 69.8 Å². The zero-order valence-corrected chi connectivity index (χ0v) is 13.5. The zero-order valence-electron chi connectivity index (χ0n) is 13.5. The molecule has 0 amide bonds. The van der Waals surface area contributed by atoms with Crippen LogP contribution in [0.25, 0.3) is 0 Å². The second-order valence-corrected chi connectivity index (χ2v) is 6.44. The topological polar surface area (TPSA) is 0 Å². The van der Waals surface area contributed by atoms with E-state index in [2.05, 4.69) is 33.4 Å². The van der Waals surface area contributed by atoms with Crippen LogP contribution in [0.15, 0.2) is 23.8 Å². The monoisotopic (exact) mass is 262 g/mol. The molecule has 0 heterocycles. The molecule has 1 aliphatic rings. The molecule has 1 saturated carbocycles. The molecule has 2 unspecified atom stereocenters. The van der Waals surface area contributed by atoms with Gasteiger partial charge in [-0.25, -0.2) is 0 Å². The highest BCUT2D eigenvalue weighted by atomic mass is 14.3. The molecule has 0 aromatic heterocycles. The van der Waals surface area contributed by atoms with Crippen molar-refractivity contribution in [3.05, 3.63) is 23.8 Å². The Bertz CT molecular complexity index is 284. The van der Waals surface area contributed by atoms with E-state index < -0.39 is 0 Å². The van der Waals surface area contributed by atoms with Gasteiger partial charge in [0.2, 0.25) is 0 Å². The maximum Gasteiger partial charge on any atom is -0.0174 e. The minimum atomic E-state index is 0.856. The van der Waals surface area contributed by atoms with Gasteiger partial charge in [0.15, 0.2) is 0 Å². The van der Waals surface area contributed by atoms with Gasteiger partial charge in [0.1, 0.15) is 0 Å². The SMILES string of the molecule is C=C(/C=C(/C)C1CCCC1CCCC)CCCCC. The van der Waals surface area contributed by atoms with Gasteiger partial charge in [-0.05, 0) is 50.9 Å². The molecule has 0 saturated heterocycles. The van der Waals surface area contributed by atoms with Crippen LogP contribution in [-0.2, 0) is 0 Å². The third kappa shape index (κ3) is 5.97. The van der Waals surface area contributed by atoms with Crippen LogP contribution in [0.5, 0.6) is 0 Å². The van der Waals surface area contributed by atoms with Crippen molar-refractivity contribution in [1.82, 2.24) is 0 Å². The fourth-order valence-corrected chi connectivity index (χ4v) is 3.55. The normalized spacial score (nSPS) is 23.8. The van der Waals surface area contributed by atoms with Crippen LogP contribution in [0, 0.1) is 11.8 Å². The summed E-state index contributed by atoms with van der Waals surface area (Å²) in [5.74, 6) is 1.81. The summed E-state index contributed by atoms with van der Waals surface area (Å²) in [4.78, 5) is 0. The van der Waals surface area contributed by atoms with Gasteiger partial charge in [-0.3, -0.25) is 0 Å². The highest BCUT2D eigenvalue weighted by molar-refractivity contribution is 5.22. The first-order chi connectivity index (χ1) is 9.19. The molecule has 110 valence electrons. The lowest BCUT2D eigenvalue weighted by Crippen LogP contribution is -2.09. The minimum absolute atomic E-state index is 0.856. The third-order valence-corrected chi connectivity index (χ3v) is 4.71. The Morgan fingerprint density at radius 1 is 1.11 bits per heavy atom. The van der Waals surface area contributed by atoms with Crippen molar-refractivity contribution in [2.75, 3.05) is 0 Å². The summed E-state index contributed by atoms with van der Waals surface area (Å²) in [6, 6.07) is 0. The Balaban J connectivity index is 2.45. The summed E-state index contributed by atoms with van der Waals surface area (Å²) in [5.41, 5.74) is 2.96. The molecule has 0 nitrogen and oxygen atoms in total. The van der Waals surface area contributed by atoms with Crippen molar-refractivity contribution in [2.24, 2.45) is 11.8 Å².